The Balaban J connectivity index is 2.52. The van der Waals surface area contributed by atoms with Gasteiger partial charge in [0.05, 0.1) is 17.2 Å². The second kappa shape index (κ2) is 4.72. The van der Waals surface area contributed by atoms with E-state index in [1.165, 1.54) is 0 Å². The van der Waals surface area contributed by atoms with Crippen molar-refractivity contribution < 1.29 is 9.90 Å². The third-order valence-electron chi connectivity index (χ3n) is 2.81. The minimum Gasteiger partial charge on any atom is -0.478 e. The van der Waals surface area contributed by atoms with Crippen LogP contribution in [0.3, 0.4) is 0 Å². The van der Waals surface area contributed by atoms with Crippen molar-refractivity contribution in [3.63, 3.8) is 0 Å². The Kier molecular flexibility index (Phi) is 3.11. The van der Waals surface area contributed by atoms with Crippen LogP contribution in [0.25, 0.3) is 11.1 Å². The van der Waals surface area contributed by atoms with Gasteiger partial charge in [0.15, 0.2) is 0 Å². The number of carboxylic acid groups (broad SMARTS) is 1. The zero-order valence-corrected chi connectivity index (χ0v) is 9.84. The first-order valence-corrected chi connectivity index (χ1v) is 5.46. The van der Waals surface area contributed by atoms with Crippen molar-refractivity contribution in [2.75, 3.05) is 0 Å². The highest BCUT2D eigenvalue weighted by molar-refractivity contribution is 5.90. The highest BCUT2D eigenvalue weighted by Crippen LogP contribution is 2.25. The summed E-state index contributed by atoms with van der Waals surface area (Å²) in [6, 6.07) is 14.2. The molecule has 0 saturated heterocycles. The fourth-order valence-electron chi connectivity index (χ4n) is 1.79. The van der Waals surface area contributed by atoms with Gasteiger partial charge in [-0.1, -0.05) is 18.2 Å². The first kappa shape index (κ1) is 11.9. The predicted molar refractivity (Wildman–Crippen MR) is 68.3 cm³/mol. The number of aromatic carboxylic acids is 1. The van der Waals surface area contributed by atoms with E-state index in [2.05, 4.69) is 6.07 Å². The number of rotatable bonds is 2. The van der Waals surface area contributed by atoms with Crippen LogP contribution in [0.2, 0.25) is 0 Å². The van der Waals surface area contributed by atoms with Gasteiger partial charge in [-0.25, -0.2) is 4.79 Å². The largest absolute Gasteiger partial charge is 0.478 e. The van der Waals surface area contributed by atoms with Gasteiger partial charge in [-0.15, -0.1) is 0 Å². The van der Waals surface area contributed by atoms with Crippen LogP contribution in [0.15, 0.2) is 42.5 Å². The molecule has 0 amide bonds. The normalized spacial score (nSPS) is 9.78. The smallest absolute Gasteiger partial charge is 0.335 e. The number of aryl methyl sites for hydroxylation is 1. The van der Waals surface area contributed by atoms with E-state index >= 15 is 0 Å². The molecule has 0 unspecified atom stereocenters. The summed E-state index contributed by atoms with van der Waals surface area (Å²) in [6.45, 7) is 1.93. The third kappa shape index (κ3) is 2.23. The molecule has 0 bridgehead atoms. The molecular formula is C15H11NO2. The highest BCUT2D eigenvalue weighted by Gasteiger charge is 2.07. The molecule has 0 saturated carbocycles. The quantitative estimate of drug-likeness (QED) is 0.872. The molecule has 0 aliphatic rings. The van der Waals surface area contributed by atoms with Gasteiger partial charge in [-0.2, -0.15) is 5.26 Å². The summed E-state index contributed by atoms with van der Waals surface area (Å²) in [6.07, 6.45) is 0. The molecule has 1 N–H and O–H groups in total. The van der Waals surface area contributed by atoms with Gasteiger partial charge in [0.25, 0.3) is 0 Å². The lowest BCUT2D eigenvalue weighted by molar-refractivity contribution is 0.0697. The van der Waals surface area contributed by atoms with Crippen LogP contribution in [0.1, 0.15) is 21.5 Å². The zero-order chi connectivity index (χ0) is 13.1. The molecule has 3 heteroatoms. The van der Waals surface area contributed by atoms with E-state index in [-0.39, 0.29) is 5.56 Å². The molecule has 3 nitrogen and oxygen atoms in total. The molecule has 18 heavy (non-hydrogen) atoms. The van der Waals surface area contributed by atoms with Gasteiger partial charge in [-0.3, -0.25) is 0 Å². The summed E-state index contributed by atoms with van der Waals surface area (Å²) in [5.74, 6) is -0.940. The van der Waals surface area contributed by atoms with Crippen molar-refractivity contribution in [3.05, 3.63) is 59.2 Å². The van der Waals surface area contributed by atoms with Crippen LogP contribution in [-0.2, 0) is 0 Å². The number of hydrogen-bond acceptors (Lipinski definition) is 2. The minimum atomic E-state index is -0.940. The molecule has 2 rings (SSSR count). The summed E-state index contributed by atoms with van der Waals surface area (Å²) < 4.78 is 0. The molecule has 2 aromatic carbocycles. The van der Waals surface area contributed by atoms with Crippen LogP contribution >= 0.6 is 0 Å². The molecule has 88 valence electrons. The Bertz CT molecular complexity index is 637. The molecule has 0 heterocycles. The van der Waals surface area contributed by atoms with Gasteiger partial charge >= 0.3 is 5.97 Å². The topological polar surface area (TPSA) is 61.1 Å². The average Bonchev–Trinajstić information content (AvgIpc) is 2.39. The van der Waals surface area contributed by atoms with Gasteiger partial charge in [-0.05, 0) is 47.9 Å². The van der Waals surface area contributed by atoms with E-state index in [0.717, 1.165) is 16.7 Å². The lowest BCUT2D eigenvalue weighted by Crippen LogP contribution is -1.97. The number of benzene rings is 2. The van der Waals surface area contributed by atoms with Crippen molar-refractivity contribution in [1.29, 1.82) is 5.26 Å². The van der Waals surface area contributed by atoms with E-state index in [9.17, 15) is 4.79 Å². The number of hydrogen-bond donors (Lipinski definition) is 1. The van der Waals surface area contributed by atoms with Crippen molar-refractivity contribution in [1.82, 2.24) is 0 Å². The maximum atomic E-state index is 11.0. The van der Waals surface area contributed by atoms with Crippen molar-refractivity contribution >= 4 is 5.97 Å². The first-order valence-electron chi connectivity index (χ1n) is 5.46. The summed E-state index contributed by atoms with van der Waals surface area (Å²) in [4.78, 5) is 11.0. The molecule has 0 spiro atoms. The minimum absolute atomic E-state index is 0.264. The fourth-order valence-corrected chi connectivity index (χ4v) is 1.79. The van der Waals surface area contributed by atoms with Crippen LogP contribution in [0.4, 0.5) is 0 Å². The summed E-state index contributed by atoms with van der Waals surface area (Å²) in [5.41, 5.74) is 3.64. The third-order valence-corrected chi connectivity index (χ3v) is 2.81. The molecule has 0 fully saturated rings. The molecule has 0 aliphatic carbocycles. The van der Waals surface area contributed by atoms with E-state index < -0.39 is 5.97 Å². The second-order valence-electron chi connectivity index (χ2n) is 4.02. The van der Waals surface area contributed by atoms with Crippen LogP contribution < -0.4 is 0 Å². The van der Waals surface area contributed by atoms with Crippen molar-refractivity contribution in [2.45, 2.75) is 6.92 Å². The molecular weight excluding hydrogens is 226 g/mol. The van der Waals surface area contributed by atoms with Gasteiger partial charge in [0.2, 0.25) is 0 Å². The molecule has 2 aromatic rings. The van der Waals surface area contributed by atoms with Crippen molar-refractivity contribution in [2.24, 2.45) is 0 Å². The number of carbonyl (C=O) groups is 1. The maximum Gasteiger partial charge on any atom is 0.335 e. The Morgan fingerprint density at radius 3 is 2.39 bits per heavy atom. The van der Waals surface area contributed by atoms with Crippen LogP contribution in [0, 0.1) is 18.3 Å². The second-order valence-corrected chi connectivity index (χ2v) is 4.02. The molecule has 0 atom stereocenters. The summed E-state index contributed by atoms with van der Waals surface area (Å²) in [7, 11) is 0. The van der Waals surface area contributed by atoms with Crippen LogP contribution in [0.5, 0.6) is 0 Å². The Hall–Kier alpha value is -2.60. The summed E-state index contributed by atoms with van der Waals surface area (Å²) in [5, 5.41) is 17.7. The SMILES string of the molecule is Cc1ccc(C(=O)O)cc1-c1ccc(C#N)cc1. The highest BCUT2D eigenvalue weighted by atomic mass is 16.4. The summed E-state index contributed by atoms with van der Waals surface area (Å²) >= 11 is 0. The van der Waals surface area contributed by atoms with E-state index in [4.69, 9.17) is 10.4 Å². The van der Waals surface area contributed by atoms with Gasteiger partial charge < -0.3 is 5.11 Å². The van der Waals surface area contributed by atoms with Gasteiger partial charge in [0.1, 0.15) is 0 Å². The first-order chi connectivity index (χ1) is 8.61. The lowest BCUT2D eigenvalue weighted by Gasteiger charge is -2.07. The number of carboxylic acids is 1. The molecule has 0 aliphatic heterocycles. The lowest BCUT2D eigenvalue weighted by atomic mass is 9.97. The maximum absolute atomic E-state index is 11.0. The molecule has 0 radical (unpaired) electrons. The van der Waals surface area contributed by atoms with E-state index in [0.29, 0.717) is 5.56 Å². The Labute approximate surface area is 105 Å². The standard InChI is InChI=1S/C15H11NO2/c1-10-2-5-13(15(17)18)8-14(10)12-6-3-11(9-16)4-7-12/h2-8H,1H3,(H,17,18). The number of nitriles is 1. The fraction of sp³-hybridized carbons (Fsp3) is 0.0667. The monoisotopic (exact) mass is 237 g/mol. The molecule has 0 aromatic heterocycles. The Morgan fingerprint density at radius 1 is 1.17 bits per heavy atom. The predicted octanol–water partition coefficient (Wildman–Crippen LogP) is 3.23. The van der Waals surface area contributed by atoms with Crippen LogP contribution in [-0.4, -0.2) is 11.1 Å². The number of nitrogens with zero attached hydrogens (tertiary/aromatic N) is 1. The zero-order valence-electron chi connectivity index (χ0n) is 9.84. The van der Waals surface area contributed by atoms with Gasteiger partial charge in [0, 0.05) is 0 Å². The average molecular weight is 237 g/mol. The van der Waals surface area contributed by atoms with E-state index in [1.807, 2.05) is 19.1 Å². The van der Waals surface area contributed by atoms with E-state index in [1.54, 1.807) is 30.3 Å². The van der Waals surface area contributed by atoms with Crippen molar-refractivity contribution in [3.8, 4) is 17.2 Å². The Morgan fingerprint density at radius 2 is 1.83 bits per heavy atom.